The monoisotopic (exact) mass is 267 g/mol. The Morgan fingerprint density at radius 1 is 1.35 bits per heavy atom. The van der Waals surface area contributed by atoms with Crippen molar-refractivity contribution in [2.45, 2.75) is 20.4 Å². The minimum atomic E-state index is -0.00444. The second kappa shape index (κ2) is 5.89. The van der Waals surface area contributed by atoms with E-state index in [2.05, 4.69) is 20.3 Å². The molecule has 2 aromatic heterocycles. The lowest BCUT2D eigenvalue weighted by Crippen LogP contribution is -2.08. The van der Waals surface area contributed by atoms with Crippen LogP contribution in [-0.2, 0) is 6.54 Å². The van der Waals surface area contributed by atoms with Crippen LogP contribution in [0.5, 0.6) is 0 Å². The normalized spacial score (nSPS) is 9.85. The third-order valence-electron chi connectivity index (χ3n) is 2.76. The fourth-order valence-corrected chi connectivity index (χ4v) is 1.81. The number of nitrogens with one attached hydrogen (secondary N) is 1. The standard InChI is InChI=1S/C14H13N5O/c1-9-12(10(2)20)4-3-11(19-9)8-18-14-13(7-15)16-5-6-17-14/h3-6H,8H2,1-2H3,(H,17,18). The fourth-order valence-electron chi connectivity index (χ4n) is 1.81. The Kier molecular flexibility index (Phi) is 4.01. The molecule has 0 saturated heterocycles. The van der Waals surface area contributed by atoms with Gasteiger partial charge in [-0.05, 0) is 26.0 Å². The summed E-state index contributed by atoms with van der Waals surface area (Å²) in [6.07, 6.45) is 2.98. The van der Waals surface area contributed by atoms with Crippen LogP contribution >= 0.6 is 0 Å². The van der Waals surface area contributed by atoms with Crippen LogP contribution < -0.4 is 5.32 Å². The van der Waals surface area contributed by atoms with Gasteiger partial charge in [0.15, 0.2) is 17.3 Å². The van der Waals surface area contributed by atoms with E-state index >= 15 is 0 Å². The maximum absolute atomic E-state index is 11.3. The van der Waals surface area contributed by atoms with Crippen LogP contribution in [-0.4, -0.2) is 20.7 Å². The third-order valence-corrected chi connectivity index (χ3v) is 2.76. The summed E-state index contributed by atoms with van der Waals surface area (Å²) in [5.74, 6) is 0.417. The third kappa shape index (κ3) is 2.95. The van der Waals surface area contributed by atoms with E-state index in [-0.39, 0.29) is 11.5 Å². The number of nitriles is 1. The van der Waals surface area contributed by atoms with Crippen molar-refractivity contribution in [1.82, 2.24) is 15.0 Å². The van der Waals surface area contributed by atoms with Crippen LogP contribution in [0.4, 0.5) is 5.82 Å². The molecule has 2 rings (SSSR count). The van der Waals surface area contributed by atoms with Crippen molar-refractivity contribution in [1.29, 1.82) is 5.26 Å². The van der Waals surface area contributed by atoms with Gasteiger partial charge in [0.1, 0.15) is 6.07 Å². The summed E-state index contributed by atoms with van der Waals surface area (Å²) in [6, 6.07) is 5.50. The lowest BCUT2D eigenvalue weighted by molar-refractivity contribution is 0.101. The SMILES string of the molecule is CC(=O)c1ccc(CNc2nccnc2C#N)nc1C. The molecule has 2 heterocycles. The quantitative estimate of drug-likeness (QED) is 0.850. The van der Waals surface area contributed by atoms with Gasteiger partial charge in [0.05, 0.1) is 12.2 Å². The number of anilines is 1. The highest BCUT2D eigenvalue weighted by molar-refractivity contribution is 5.95. The summed E-state index contributed by atoms with van der Waals surface area (Å²) in [5, 5.41) is 11.9. The first-order chi connectivity index (χ1) is 9.61. The van der Waals surface area contributed by atoms with Crippen LogP contribution in [0, 0.1) is 18.3 Å². The number of Topliss-reactive ketones (excluding diaryl/α,β-unsaturated/α-hetero) is 1. The molecule has 0 unspecified atom stereocenters. The van der Waals surface area contributed by atoms with Crippen LogP contribution in [0.15, 0.2) is 24.5 Å². The molecule has 0 spiro atoms. The van der Waals surface area contributed by atoms with Crippen LogP contribution in [0.25, 0.3) is 0 Å². The van der Waals surface area contributed by atoms with Gasteiger partial charge in [0, 0.05) is 23.7 Å². The van der Waals surface area contributed by atoms with E-state index in [0.29, 0.717) is 23.6 Å². The predicted octanol–water partition coefficient (Wildman–Crippen LogP) is 1.87. The Morgan fingerprint density at radius 3 is 2.75 bits per heavy atom. The molecule has 6 nitrogen and oxygen atoms in total. The summed E-state index contributed by atoms with van der Waals surface area (Å²) in [5.41, 5.74) is 2.31. The number of ketones is 1. The number of rotatable bonds is 4. The van der Waals surface area contributed by atoms with E-state index in [1.165, 1.54) is 19.3 Å². The zero-order chi connectivity index (χ0) is 14.5. The molecule has 0 aliphatic carbocycles. The molecule has 6 heteroatoms. The smallest absolute Gasteiger partial charge is 0.182 e. The summed E-state index contributed by atoms with van der Waals surface area (Å²) >= 11 is 0. The number of carbonyl (C=O) groups is 1. The van der Waals surface area contributed by atoms with E-state index in [1.54, 1.807) is 19.1 Å². The predicted molar refractivity (Wildman–Crippen MR) is 73.1 cm³/mol. The number of pyridine rings is 1. The highest BCUT2D eigenvalue weighted by Crippen LogP contribution is 2.11. The van der Waals surface area contributed by atoms with E-state index < -0.39 is 0 Å². The van der Waals surface area contributed by atoms with E-state index in [1.807, 2.05) is 6.07 Å². The molecule has 0 amide bonds. The summed E-state index contributed by atoms with van der Waals surface area (Å²) in [7, 11) is 0. The number of carbonyl (C=O) groups excluding carboxylic acids is 1. The first-order valence-electron chi connectivity index (χ1n) is 6.04. The second-order valence-electron chi connectivity index (χ2n) is 4.21. The maximum atomic E-state index is 11.3. The molecule has 0 radical (unpaired) electrons. The average molecular weight is 267 g/mol. The minimum Gasteiger partial charge on any atom is -0.362 e. The number of hydrogen-bond donors (Lipinski definition) is 1. The number of hydrogen-bond acceptors (Lipinski definition) is 6. The van der Waals surface area contributed by atoms with Crippen molar-refractivity contribution >= 4 is 11.6 Å². The van der Waals surface area contributed by atoms with Crippen molar-refractivity contribution in [3.05, 3.63) is 47.2 Å². The second-order valence-corrected chi connectivity index (χ2v) is 4.21. The maximum Gasteiger partial charge on any atom is 0.182 e. The van der Waals surface area contributed by atoms with Crippen molar-refractivity contribution in [3.63, 3.8) is 0 Å². The van der Waals surface area contributed by atoms with E-state index in [0.717, 1.165) is 5.69 Å². The molecule has 0 aliphatic rings. The molecular weight excluding hydrogens is 254 g/mol. The molecule has 100 valence electrons. The van der Waals surface area contributed by atoms with Gasteiger partial charge in [-0.25, -0.2) is 9.97 Å². The van der Waals surface area contributed by atoms with Gasteiger partial charge in [-0.2, -0.15) is 5.26 Å². The van der Waals surface area contributed by atoms with Gasteiger partial charge >= 0.3 is 0 Å². The van der Waals surface area contributed by atoms with Crippen molar-refractivity contribution in [3.8, 4) is 6.07 Å². The van der Waals surface area contributed by atoms with Gasteiger partial charge < -0.3 is 5.32 Å². The molecule has 2 aromatic rings. The van der Waals surface area contributed by atoms with Gasteiger partial charge in [-0.1, -0.05) is 0 Å². The van der Waals surface area contributed by atoms with Crippen molar-refractivity contribution in [2.75, 3.05) is 5.32 Å². The minimum absolute atomic E-state index is 0.00444. The molecule has 0 atom stereocenters. The van der Waals surface area contributed by atoms with Crippen molar-refractivity contribution in [2.24, 2.45) is 0 Å². The molecule has 0 bridgehead atoms. The molecule has 0 aromatic carbocycles. The van der Waals surface area contributed by atoms with Crippen LogP contribution in [0.2, 0.25) is 0 Å². The lowest BCUT2D eigenvalue weighted by atomic mass is 10.1. The Hall–Kier alpha value is -2.81. The topological polar surface area (TPSA) is 91.6 Å². The van der Waals surface area contributed by atoms with Gasteiger partial charge in [0.25, 0.3) is 0 Å². The molecule has 20 heavy (non-hydrogen) atoms. The largest absolute Gasteiger partial charge is 0.362 e. The average Bonchev–Trinajstić information content (AvgIpc) is 2.45. The highest BCUT2D eigenvalue weighted by atomic mass is 16.1. The number of aryl methyl sites for hydroxylation is 1. The Balaban J connectivity index is 2.14. The summed E-state index contributed by atoms with van der Waals surface area (Å²) in [4.78, 5) is 23.6. The van der Waals surface area contributed by atoms with Crippen molar-refractivity contribution < 1.29 is 4.79 Å². The zero-order valence-corrected chi connectivity index (χ0v) is 11.2. The fraction of sp³-hybridized carbons (Fsp3) is 0.214. The summed E-state index contributed by atoms with van der Waals surface area (Å²) in [6.45, 7) is 3.72. The van der Waals surface area contributed by atoms with Gasteiger partial charge in [-0.3, -0.25) is 9.78 Å². The first kappa shape index (κ1) is 13.6. The lowest BCUT2D eigenvalue weighted by Gasteiger charge is -2.08. The van der Waals surface area contributed by atoms with Gasteiger partial charge in [0.2, 0.25) is 0 Å². The summed E-state index contributed by atoms with van der Waals surface area (Å²) < 4.78 is 0. The Morgan fingerprint density at radius 2 is 2.10 bits per heavy atom. The van der Waals surface area contributed by atoms with E-state index in [4.69, 9.17) is 5.26 Å². The highest BCUT2D eigenvalue weighted by Gasteiger charge is 2.07. The molecule has 0 aliphatic heterocycles. The van der Waals surface area contributed by atoms with E-state index in [9.17, 15) is 4.79 Å². The molecular formula is C14H13N5O. The van der Waals surface area contributed by atoms with Gasteiger partial charge in [-0.15, -0.1) is 0 Å². The number of aromatic nitrogens is 3. The first-order valence-corrected chi connectivity index (χ1v) is 6.04. The number of nitrogens with zero attached hydrogens (tertiary/aromatic N) is 4. The van der Waals surface area contributed by atoms with Crippen LogP contribution in [0.1, 0.15) is 34.4 Å². The Bertz CT molecular complexity index is 690. The zero-order valence-electron chi connectivity index (χ0n) is 11.2. The Labute approximate surface area is 116 Å². The van der Waals surface area contributed by atoms with Crippen LogP contribution in [0.3, 0.4) is 0 Å². The molecule has 1 N–H and O–H groups in total. The molecule has 0 fully saturated rings. The molecule has 0 saturated carbocycles.